The first kappa shape index (κ1) is 19.4. The lowest BCUT2D eigenvalue weighted by atomic mass is 10.2. The third-order valence-electron chi connectivity index (χ3n) is 3.72. The molecule has 1 N–H and O–H groups in total. The molecule has 27 heavy (non-hydrogen) atoms. The highest BCUT2D eigenvalue weighted by Crippen LogP contribution is 2.24. The maximum absolute atomic E-state index is 12.2. The summed E-state index contributed by atoms with van der Waals surface area (Å²) in [6.45, 7) is 6.33. The second-order valence-electron chi connectivity index (χ2n) is 5.90. The number of allylic oxidation sites excluding steroid dienone is 1. The van der Waals surface area contributed by atoms with E-state index in [1.54, 1.807) is 10.8 Å². The topological polar surface area (TPSA) is 59.8 Å². The monoisotopic (exact) mass is 442 g/mol. The molecule has 138 valence electrons. The van der Waals surface area contributed by atoms with Crippen molar-refractivity contribution < 1.29 is 4.79 Å². The van der Waals surface area contributed by atoms with Gasteiger partial charge in [-0.3, -0.25) is 4.79 Å². The van der Waals surface area contributed by atoms with E-state index in [-0.39, 0.29) is 11.7 Å². The Balaban J connectivity index is 1.68. The van der Waals surface area contributed by atoms with Crippen molar-refractivity contribution in [3.8, 4) is 11.4 Å². The number of nitrogens with one attached hydrogen (secondary N) is 1. The molecule has 0 bridgehead atoms. The molecule has 0 spiro atoms. The maximum Gasteiger partial charge on any atom is 0.234 e. The molecular formula is C20H19BrN4OS. The van der Waals surface area contributed by atoms with Crippen LogP contribution in [0.5, 0.6) is 0 Å². The van der Waals surface area contributed by atoms with Crippen molar-refractivity contribution in [2.24, 2.45) is 0 Å². The second kappa shape index (κ2) is 9.01. The third kappa shape index (κ3) is 5.30. The molecule has 3 aromatic rings. The normalized spacial score (nSPS) is 10.6. The summed E-state index contributed by atoms with van der Waals surface area (Å²) in [5.41, 5.74) is 2.90. The molecule has 1 amide bonds. The van der Waals surface area contributed by atoms with Crippen LogP contribution in [0.3, 0.4) is 0 Å². The van der Waals surface area contributed by atoms with Crippen molar-refractivity contribution in [1.29, 1.82) is 0 Å². The summed E-state index contributed by atoms with van der Waals surface area (Å²) in [6, 6.07) is 15.6. The molecule has 0 aliphatic rings. The Morgan fingerprint density at radius 2 is 1.93 bits per heavy atom. The number of aryl methyl sites for hydroxylation is 1. The van der Waals surface area contributed by atoms with Crippen molar-refractivity contribution >= 4 is 39.3 Å². The fourth-order valence-corrected chi connectivity index (χ4v) is 3.31. The Morgan fingerprint density at radius 3 is 2.59 bits per heavy atom. The lowest BCUT2D eigenvalue weighted by Crippen LogP contribution is -2.14. The van der Waals surface area contributed by atoms with Crippen LogP contribution in [0, 0.1) is 6.92 Å². The third-order valence-corrected chi connectivity index (χ3v) is 5.09. The van der Waals surface area contributed by atoms with Gasteiger partial charge in [-0.1, -0.05) is 63.6 Å². The summed E-state index contributed by atoms with van der Waals surface area (Å²) >= 11 is 4.75. The number of halogens is 1. The van der Waals surface area contributed by atoms with E-state index >= 15 is 0 Å². The second-order valence-corrected chi connectivity index (χ2v) is 7.76. The minimum absolute atomic E-state index is 0.0888. The largest absolute Gasteiger partial charge is 0.325 e. The van der Waals surface area contributed by atoms with Crippen LogP contribution in [0.15, 0.2) is 70.8 Å². The van der Waals surface area contributed by atoms with Gasteiger partial charge in [-0.05, 0) is 31.2 Å². The highest BCUT2D eigenvalue weighted by atomic mass is 79.9. The van der Waals surface area contributed by atoms with E-state index in [1.807, 2.05) is 55.5 Å². The zero-order valence-corrected chi connectivity index (χ0v) is 17.3. The van der Waals surface area contributed by atoms with Gasteiger partial charge < -0.3 is 5.32 Å². The molecule has 3 rings (SSSR count). The fraction of sp³-hybridized carbons (Fsp3) is 0.150. The standard InChI is InChI=1S/C20H19BrN4OS/c1-3-12-25-19(15-6-8-16(21)9-7-15)23-20(24-25)27-13-18(26)22-17-10-4-14(2)5-11-17/h3-11H,1,12-13H2,2H3,(H,22,26). The van der Waals surface area contributed by atoms with Crippen molar-refractivity contribution in [1.82, 2.24) is 14.8 Å². The molecule has 0 aliphatic heterocycles. The average Bonchev–Trinajstić information content (AvgIpc) is 3.06. The summed E-state index contributed by atoms with van der Waals surface area (Å²) in [5, 5.41) is 7.94. The van der Waals surface area contributed by atoms with Crippen LogP contribution in [-0.4, -0.2) is 26.4 Å². The molecule has 0 aliphatic carbocycles. The Labute approximate surface area is 171 Å². The number of carbonyl (C=O) groups excluding carboxylic acids is 1. The average molecular weight is 443 g/mol. The van der Waals surface area contributed by atoms with Crippen LogP contribution in [-0.2, 0) is 11.3 Å². The molecule has 0 fully saturated rings. The molecule has 1 heterocycles. The minimum Gasteiger partial charge on any atom is -0.325 e. The number of carbonyl (C=O) groups is 1. The number of aromatic nitrogens is 3. The molecule has 2 aromatic carbocycles. The van der Waals surface area contributed by atoms with Crippen LogP contribution < -0.4 is 5.32 Å². The van der Waals surface area contributed by atoms with Gasteiger partial charge in [-0.2, -0.15) is 0 Å². The predicted octanol–water partition coefficient (Wildman–Crippen LogP) is 4.93. The predicted molar refractivity (Wildman–Crippen MR) is 114 cm³/mol. The van der Waals surface area contributed by atoms with E-state index in [9.17, 15) is 4.79 Å². The zero-order chi connectivity index (χ0) is 19.2. The van der Waals surface area contributed by atoms with Crippen molar-refractivity contribution in [2.45, 2.75) is 18.6 Å². The number of rotatable bonds is 7. The van der Waals surface area contributed by atoms with Crippen LogP contribution >= 0.6 is 27.7 Å². The van der Waals surface area contributed by atoms with Gasteiger partial charge in [0, 0.05) is 15.7 Å². The van der Waals surface area contributed by atoms with Crippen LogP contribution in [0.25, 0.3) is 11.4 Å². The first-order chi connectivity index (χ1) is 13.0. The van der Waals surface area contributed by atoms with Gasteiger partial charge in [-0.15, -0.1) is 11.7 Å². The molecule has 0 saturated carbocycles. The van der Waals surface area contributed by atoms with E-state index in [2.05, 4.69) is 37.9 Å². The number of hydrogen-bond acceptors (Lipinski definition) is 4. The van der Waals surface area contributed by atoms with Gasteiger partial charge >= 0.3 is 0 Å². The lowest BCUT2D eigenvalue weighted by Gasteiger charge is -2.04. The van der Waals surface area contributed by atoms with Crippen molar-refractivity contribution in [3.63, 3.8) is 0 Å². The molecule has 0 saturated heterocycles. The molecule has 1 aromatic heterocycles. The number of amides is 1. The SMILES string of the molecule is C=CCn1nc(SCC(=O)Nc2ccc(C)cc2)nc1-c1ccc(Br)cc1. The smallest absolute Gasteiger partial charge is 0.234 e. The van der Waals surface area contributed by atoms with Gasteiger partial charge in [0.05, 0.1) is 12.3 Å². The zero-order valence-electron chi connectivity index (χ0n) is 14.9. The van der Waals surface area contributed by atoms with Crippen LogP contribution in [0.4, 0.5) is 5.69 Å². The molecule has 0 radical (unpaired) electrons. The Bertz CT molecular complexity index is 936. The first-order valence-corrected chi connectivity index (χ1v) is 10.1. The summed E-state index contributed by atoms with van der Waals surface area (Å²) in [6.07, 6.45) is 1.77. The first-order valence-electron chi connectivity index (χ1n) is 8.36. The Hall–Kier alpha value is -2.38. The number of hydrogen-bond donors (Lipinski definition) is 1. The highest BCUT2D eigenvalue weighted by molar-refractivity contribution is 9.10. The molecule has 0 atom stereocenters. The summed E-state index contributed by atoms with van der Waals surface area (Å²) in [4.78, 5) is 16.8. The summed E-state index contributed by atoms with van der Waals surface area (Å²) in [7, 11) is 0. The molecule has 5 nitrogen and oxygen atoms in total. The van der Waals surface area contributed by atoms with Crippen LogP contribution in [0.1, 0.15) is 5.56 Å². The van der Waals surface area contributed by atoms with Gasteiger partial charge in [0.25, 0.3) is 0 Å². The van der Waals surface area contributed by atoms with Gasteiger partial charge in [0.2, 0.25) is 11.1 Å². The van der Waals surface area contributed by atoms with E-state index in [1.165, 1.54) is 11.8 Å². The number of thioether (sulfide) groups is 1. The molecular weight excluding hydrogens is 424 g/mol. The lowest BCUT2D eigenvalue weighted by molar-refractivity contribution is -0.113. The highest BCUT2D eigenvalue weighted by Gasteiger charge is 2.13. The minimum atomic E-state index is -0.0888. The van der Waals surface area contributed by atoms with Crippen molar-refractivity contribution in [3.05, 3.63) is 71.2 Å². The van der Waals surface area contributed by atoms with E-state index in [4.69, 9.17) is 0 Å². The fourth-order valence-electron chi connectivity index (χ4n) is 2.41. The van der Waals surface area contributed by atoms with Crippen LogP contribution in [0.2, 0.25) is 0 Å². The van der Waals surface area contributed by atoms with Gasteiger partial charge in [0.1, 0.15) is 0 Å². The maximum atomic E-state index is 12.2. The van der Waals surface area contributed by atoms with Gasteiger partial charge in [-0.25, -0.2) is 9.67 Å². The Morgan fingerprint density at radius 1 is 1.22 bits per heavy atom. The number of benzene rings is 2. The summed E-state index contributed by atoms with van der Waals surface area (Å²) in [5.74, 6) is 0.907. The van der Waals surface area contributed by atoms with E-state index in [0.717, 1.165) is 27.1 Å². The Kier molecular flexibility index (Phi) is 6.47. The van der Waals surface area contributed by atoms with Gasteiger partial charge in [0.15, 0.2) is 5.82 Å². The van der Waals surface area contributed by atoms with Crippen molar-refractivity contribution in [2.75, 3.05) is 11.1 Å². The molecule has 0 unspecified atom stereocenters. The summed E-state index contributed by atoms with van der Waals surface area (Å²) < 4.78 is 2.79. The quantitative estimate of drug-likeness (QED) is 0.416. The van der Waals surface area contributed by atoms with E-state index < -0.39 is 0 Å². The van der Waals surface area contributed by atoms with E-state index in [0.29, 0.717) is 11.7 Å². The number of anilines is 1. The molecule has 7 heteroatoms. The number of nitrogens with zero attached hydrogens (tertiary/aromatic N) is 3.